The molecule has 49 heavy (non-hydrogen) atoms. The number of morpholine rings is 1. The Balaban J connectivity index is 1.17. The van der Waals surface area contributed by atoms with Crippen molar-refractivity contribution in [2.75, 3.05) is 62.3 Å². The van der Waals surface area contributed by atoms with Crippen LogP contribution in [0.1, 0.15) is 35.9 Å². The Bertz CT molecular complexity index is 1850. The van der Waals surface area contributed by atoms with Crippen LogP contribution in [-0.2, 0) is 22.5 Å². The minimum absolute atomic E-state index is 0.0691. The monoisotopic (exact) mass is 695 g/mol. The molecule has 0 aromatic carbocycles. The number of carbonyl (C=O) groups is 2. The van der Waals surface area contributed by atoms with Crippen LogP contribution in [0.15, 0.2) is 23.1 Å². The van der Waals surface area contributed by atoms with Crippen LogP contribution >= 0.6 is 0 Å². The zero-order valence-electron chi connectivity index (χ0n) is 26.4. The standard InChI is InChI=1S/C30H34F5N9O5/c1-2-19-23(40-6-8-41(9-7-40)24(47)22-20(45)4-3-5-36-22)25(48)44-27(38-26(39-44)42-10-12-49-13-11-42)43(19)16-21(46)37-18-15-28(14-17(18)28)29(31,32)30(33,34)35/h3-5,17-18,45H,2,6-16H2,1H3,(H,37,46)/t17?,18-,28+/m1/s1. The lowest BCUT2D eigenvalue weighted by molar-refractivity contribution is -0.320. The quantitative estimate of drug-likeness (QED) is 0.332. The van der Waals surface area contributed by atoms with Gasteiger partial charge in [-0.2, -0.15) is 31.5 Å². The largest absolute Gasteiger partial charge is 0.505 e. The summed E-state index contributed by atoms with van der Waals surface area (Å²) < 4.78 is 75.6. The molecule has 0 bridgehead atoms. The van der Waals surface area contributed by atoms with Crippen molar-refractivity contribution in [2.24, 2.45) is 11.3 Å². The lowest BCUT2D eigenvalue weighted by Crippen LogP contribution is -2.57. The first kappa shape index (κ1) is 33.0. The molecule has 2 aliphatic carbocycles. The topological polar surface area (TPSA) is 150 Å². The number of amides is 2. The first-order valence-corrected chi connectivity index (χ1v) is 16.0. The molecule has 3 atom stereocenters. The van der Waals surface area contributed by atoms with E-state index in [9.17, 15) is 41.4 Å². The third-order valence-electron chi connectivity index (χ3n) is 10.1. The van der Waals surface area contributed by atoms with Gasteiger partial charge in [0.1, 0.15) is 18.0 Å². The van der Waals surface area contributed by atoms with E-state index >= 15 is 0 Å². The molecule has 2 aliphatic heterocycles. The van der Waals surface area contributed by atoms with Gasteiger partial charge in [-0.1, -0.05) is 6.92 Å². The average Bonchev–Trinajstić information content (AvgIpc) is 3.46. The number of anilines is 2. The maximum Gasteiger partial charge on any atom is 0.453 e. The zero-order chi connectivity index (χ0) is 34.9. The van der Waals surface area contributed by atoms with Crippen LogP contribution in [0.4, 0.5) is 33.6 Å². The molecule has 7 rings (SSSR count). The Kier molecular flexibility index (Phi) is 7.94. The van der Waals surface area contributed by atoms with Gasteiger partial charge in [-0.3, -0.25) is 14.4 Å². The number of aromatic hydroxyl groups is 1. The molecule has 2 saturated carbocycles. The Morgan fingerprint density at radius 3 is 2.41 bits per heavy atom. The molecule has 1 unspecified atom stereocenters. The molecule has 2 amide bonds. The number of fused-ring (bicyclic) bond motifs is 2. The third-order valence-corrected chi connectivity index (χ3v) is 10.1. The maximum atomic E-state index is 14.2. The van der Waals surface area contributed by atoms with E-state index in [0.717, 1.165) is 4.52 Å². The van der Waals surface area contributed by atoms with Gasteiger partial charge in [-0.15, -0.1) is 5.10 Å². The van der Waals surface area contributed by atoms with E-state index < -0.39 is 59.8 Å². The van der Waals surface area contributed by atoms with E-state index in [1.165, 1.54) is 27.8 Å². The van der Waals surface area contributed by atoms with Crippen LogP contribution in [-0.4, -0.2) is 117 Å². The maximum absolute atomic E-state index is 14.2. The summed E-state index contributed by atoms with van der Waals surface area (Å²) in [5, 5.41) is 17.2. The Morgan fingerprint density at radius 2 is 1.78 bits per heavy atom. The summed E-state index contributed by atoms with van der Waals surface area (Å²) in [5.74, 6) is -6.86. The SMILES string of the molecule is CCc1c(N2CCN(C(=O)c3ncccc3O)CC2)c(=O)n2nc(N3CCOCC3)nc2n1CC(=O)N[C@@H]1C[C@@]2(C(F)(F)C(F)(F)F)CC12. The van der Waals surface area contributed by atoms with Crippen LogP contribution < -0.4 is 20.7 Å². The number of halogens is 5. The average molecular weight is 696 g/mol. The highest BCUT2D eigenvalue weighted by Gasteiger charge is 2.85. The molecular formula is C30H34F5N9O5. The molecule has 4 aliphatic rings. The molecule has 0 radical (unpaired) electrons. The van der Waals surface area contributed by atoms with Gasteiger partial charge in [0, 0.05) is 51.5 Å². The van der Waals surface area contributed by atoms with Crippen molar-refractivity contribution in [3.05, 3.63) is 40.1 Å². The minimum atomic E-state index is -5.67. The summed E-state index contributed by atoms with van der Waals surface area (Å²) in [4.78, 5) is 54.3. The lowest BCUT2D eigenvalue weighted by Gasteiger charge is -2.40. The van der Waals surface area contributed by atoms with Crippen LogP contribution in [0, 0.1) is 11.3 Å². The molecule has 2 saturated heterocycles. The molecule has 14 nitrogen and oxygen atoms in total. The summed E-state index contributed by atoms with van der Waals surface area (Å²) in [6.45, 7) is 4.00. The van der Waals surface area contributed by atoms with Gasteiger partial charge in [0.2, 0.25) is 17.6 Å². The minimum Gasteiger partial charge on any atom is -0.505 e. The van der Waals surface area contributed by atoms with Gasteiger partial charge in [-0.25, -0.2) is 4.98 Å². The smallest absolute Gasteiger partial charge is 0.453 e. The molecule has 3 aromatic rings. The Morgan fingerprint density at radius 1 is 1.06 bits per heavy atom. The normalized spacial score (nSPS) is 24.1. The van der Waals surface area contributed by atoms with E-state index in [-0.39, 0.29) is 67.9 Å². The second-order valence-electron chi connectivity index (χ2n) is 12.8. The second kappa shape index (κ2) is 11.8. The van der Waals surface area contributed by atoms with Gasteiger partial charge in [0.05, 0.1) is 24.3 Å². The number of alkyl halides is 5. The highest BCUT2D eigenvalue weighted by Crippen LogP contribution is 2.76. The van der Waals surface area contributed by atoms with Gasteiger partial charge in [-0.05, 0) is 37.3 Å². The number of nitrogens with one attached hydrogen (secondary N) is 1. The van der Waals surface area contributed by atoms with Gasteiger partial charge < -0.3 is 34.4 Å². The molecule has 19 heteroatoms. The molecule has 5 heterocycles. The number of piperazine rings is 1. The number of pyridine rings is 1. The van der Waals surface area contributed by atoms with Crippen molar-refractivity contribution >= 4 is 29.2 Å². The van der Waals surface area contributed by atoms with Gasteiger partial charge in [0.15, 0.2) is 5.69 Å². The summed E-state index contributed by atoms with van der Waals surface area (Å²) in [5.41, 5.74) is -2.09. The fourth-order valence-corrected chi connectivity index (χ4v) is 7.45. The molecule has 3 aromatic heterocycles. The first-order valence-electron chi connectivity index (χ1n) is 16.0. The van der Waals surface area contributed by atoms with Crippen LogP contribution in [0.3, 0.4) is 0 Å². The van der Waals surface area contributed by atoms with E-state index in [1.54, 1.807) is 11.8 Å². The number of carbonyl (C=O) groups excluding carboxylic acids is 2. The number of ether oxygens (including phenoxy) is 1. The fraction of sp³-hybridized carbons (Fsp3) is 0.600. The van der Waals surface area contributed by atoms with Gasteiger partial charge >= 0.3 is 12.1 Å². The summed E-state index contributed by atoms with van der Waals surface area (Å²) in [6, 6.07) is 2.03. The van der Waals surface area contributed by atoms with Crippen LogP contribution in [0.2, 0.25) is 0 Å². The van der Waals surface area contributed by atoms with Crippen LogP contribution in [0.5, 0.6) is 5.75 Å². The number of nitrogens with zero attached hydrogens (tertiary/aromatic N) is 8. The molecule has 2 N–H and O–H groups in total. The highest BCUT2D eigenvalue weighted by atomic mass is 19.4. The molecule has 4 fully saturated rings. The van der Waals surface area contributed by atoms with Crippen molar-refractivity contribution < 1.29 is 41.4 Å². The van der Waals surface area contributed by atoms with Crippen molar-refractivity contribution in [1.29, 1.82) is 0 Å². The van der Waals surface area contributed by atoms with E-state index in [4.69, 9.17) is 4.74 Å². The third kappa shape index (κ3) is 5.32. The number of rotatable bonds is 8. The number of hydrogen-bond acceptors (Lipinski definition) is 10. The molecule has 264 valence electrons. The first-order chi connectivity index (χ1) is 23.3. The van der Waals surface area contributed by atoms with E-state index in [1.807, 2.05) is 4.90 Å². The van der Waals surface area contributed by atoms with E-state index in [2.05, 4.69) is 20.4 Å². The predicted octanol–water partition coefficient (Wildman–Crippen LogP) is 1.45. The van der Waals surface area contributed by atoms with E-state index in [0.29, 0.717) is 32.0 Å². The van der Waals surface area contributed by atoms with Crippen molar-refractivity contribution in [3.63, 3.8) is 0 Å². The summed E-state index contributed by atoms with van der Waals surface area (Å²) >= 11 is 0. The number of hydrogen-bond donors (Lipinski definition) is 2. The fourth-order valence-electron chi connectivity index (χ4n) is 7.45. The lowest BCUT2D eigenvalue weighted by atomic mass is 9.75. The van der Waals surface area contributed by atoms with Crippen molar-refractivity contribution in [1.82, 2.24) is 34.4 Å². The molecular weight excluding hydrogens is 661 g/mol. The van der Waals surface area contributed by atoms with Gasteiger partial charge in [0.25, 0.3) is 11.5 Å². The van der Waals surface area contributed by atoms with Crippen molar-refractivity contribution in [3.8, 4) is 5.75 Å². The number of aromatic nitrogens is 5. The highest BCUT2D eigenvalue weighted by molar-refractivity contribution is 5.95. The van der Waals surface area contributed by atoms with Crippen LogP contribution in [0.25, 0.3) is 5.78 Å². The molecule has 0 spiro atoms. The zero-order valence-corrected chi connectivity index (χ0v) is 26.4. The summed E-state index contributed by atoms with van der Waals surface area (Å²) in [7, 11) is 0. The Labute approximate surface area is 275 Å². The summed E-state index contributed by atoms with van der Waals surface area (Å²) in [6.07, 6.45) is -4.83. The second-order valence-corrected chi connectivity index (χ2v) is 12.8. The Hall–Kier alpha value is -4.55. The predicted molar refractivity (Wildman–Crippen MR) is 162 cm³/mol. The van der Waals surface area contributed by atoms with Crippen molar-refractivity contribution in [2.45, 2.75) is 50.9 Å².